The van der Waals surface area contributed by atoms with Crippen molar-refractivity contribution in [3.8, 4) is 0 Å². The van der Waals surface area contributed by atoms with Gasteiger partial charge in [-0.15, -0.1) is 0 Å². The highest BCUT2D eigenvalue weighted by molar-refractivity contribution is 5.95. The number of anilines is 2. The smallest absolute Gasteiger partial charge is 0.318 e. The van der Waals surface area contributed by atoms with Crippen LogP contribution in [0.1, 0.15) is 36.7 Å². The first kappa shape index (κ1) is 28.6. The number of halogens is 1. The van der Waals surface area contributed by atoms with E-state index in [-0.39, 0.29) is 24.4 Å². The SMILES string of the molecule is CC(C)(C)NC(=O)N(CC(=O)Nc1ccc(N2CCN(C(=O)c3cccc(F)c3)CC2)cc1)Cc1ccccc1. The Kier molecular flexibility index (Phi) is 9.04. The molecule has 1 aliphatic rings. The van der Waals surface area contributed by atoms with Crippen molar-refractivity contribution < 1.29 is 18.8 Å². The lowest BCUT2D eigenvalue weighted by Crippen LogP contribution is -2.50. The van der Waals surface area contributed by atoms with E-state index in [1.165, 1.54) is 17.0 Å². The Labute approximate surface area is 234 Å². The lowest BCUT2D eigenvalue weighted by atomic mass is 10.1. The molecule has 1 saturated heterocycles. The van der Waals surface area contributed by atoms with Gasteiger partial charge in [-0.3, -0.25) is 9.59 Å². The van der Waals surface area contributed by atoms with Crippen LogP contribution in [0.3, 0.4) is 0 Å². The van der Waals surface area contributed by atoms with E-state index in [2.05, 4.69) is 15.5 Å². The summed E-state index contributed by atoms with van der Waals surface area (Å²) in [5.74, 6) is -0.888. The first-order valence-electron chi connectivity index (χ1n) is 13.4. The molecule has 210 valence electrons. The molecule has 4 amide bonds. The summed E-state index contributed by atoms with van der Waals surface area (Å²) in [7, 11) is 0. The van der Waals surface area contributed by atoms with Gasteiger partial charge in [0.25, 0.3) is 5.91 Å². The van der Waals surface area contributed by atoms with Crippen molar-refractivity contribution in [3.05, 3.63) is 95.8 Å². The number of amides is 4. The number of rotatable bonds is 7. The molecule has 0 radical (unpaired) electrons. The lowest BCUT2D eigenvalue weighted by Gasteiger charge is -2.36. The van der Waals surface area contributed by atoms with Gasteiger partial charge in [0.1, 0.15) is 12.4 Å². The third kappa shape index (κ3) is 8.05. The van der Waals surface area contributed by atoms with Crippen LogP contribution in [0, 0.1) is 5.82 Å². The Morgan fingerprint density at radius 2 is 1.55 bits per heavy atom. The number of hydrogen-bond acceptors (Lipinski definition) is 4. The third-order valence-electron chi connectivity index (χ3n) is 6.47. The quantitative estimate of drug-likeness (QED) is 0.449. The molecule has 9 heteroatoms. The molecule has 0 spiro atoms. The Hall–Kier alpha value is -4.40. The van der Waals surface area contributed by atoms with Crippen LogP contribution in [0.4, 0.5) is 20.6 Å². The van der Waals surface area contributed by atoms with Gasteiger partial charge >= 0.3 is 6.03 Å². The minimum Gasteiger partial charge on any atom is -0.368 e. The predicted molar refractivity (Wildman–Crippen MR) is 155 cm³/mol. The maximum Gasteiger partial charge on any atom is 0.318 e. The minimum absolute atomic E-state index is 0.0974. The average molecular weight is 546 g/mol. The summed E-state index contributed by atoms with van der Waals surface area (Å²) < 4.78 is 13.5. The molecular formula is C31H36FN5O3. The van der Waals surface area contributed by atoms with Gasteiger partial charge in [0.05, 0.1) is 0 Å². The molecule has 0 unspecified atom stereocenters. The van der Waals surface area contributed by atoms with E-state index >= 15 is 0 Å². The van der Waals surface area contributed by atoms with Crippen LogP contribution in [-0.2, 0) is 11.3 Å². The van der Waals surface area contributed by atoms with E-state index in [0.29, 0.717) is 44.0 Å². The molecule has 1 heterocycles. The van der Waals surface area contributed by atoms with Gasteiger partial charge in [0.15, 0.2) is 0 Å². The van der Waals surface area contributed by atoms with Gasteiger partial charge in [-0.2, -0.15) is 0 Å². The average Bonchev–Trinajstić information content (AvgIpc) is 2.92. The third-order valence-corrected chi connectivity index (χ3v) is 6.47. The fraction of sp³-hybridized carbons (Fsp3) is 0.323. The normalized spacial score (nSPS) is 13.5. The zero-order valence-corrected chi connectivity index (χ0v) is 23.2. The van der Waals surface area contributed by atoms with Crippen LogP contribution < -0.4 is 15.5 Å². The zero-order valence-electron chi connectivity index (χ0n) is 23.2. The number of nitrogens with zero attached hydrogens (tertiary/aromatic N) is 3. The number of hydrogen-bond donors (Lipinski definition) is 2. The number of carbonyl (C=O) groups excluding carboxylic acids is 3. The molecule has 3 aromatic rings. The lowest BCUT2D eigenvalue weighted by molar-refractivity contribution is -0.116. The van der Waals surface area contributed by atoms with Gasteiger partial charge in [0.2, 0.25) is 5.91 Å². The summed E-state index contributed by atoms with van der Waals surface area (Å²) in [6.45, 7) is 8.25. The van der Waals surface area contributed by atoms with E-state index < -0.39 is 11.4 Å². The van der Waals surface area contributed by atoms with E-state index in [1.807, 2.05) is 75.4 Å². The van der Waals surface area contributed by atoms with Crippen LogP contribution in [0.25, 0.3) is 0 Å². The highest BCUT2D eigenvalue weighted by Gasteiger charge is 2.24. The number of piperazine rings is 1. The Morgan fingerprint density at radius 1 is 0.875 bits per heavy atom. The maximum absolute atomic E-state index is 13.5. The number of benzene rings is 3. The Balaban J connectivity index is 1.32. The second-order valence-corrected chi connectivity index (χ2v) is 10.9. The summed E-state index contributed by atoms with van der Waals surface area (Å²) >= 11 is 0. The molecule has 0 saturated carbocycles. The number of urea groups is 1. The zero-order chi connectivity index (χ0) is 28.7. The van der Waals surface area contributed by atoms with Gasteiger partial charge < -0.3 is 25.3 Å². The summed E-state index contributed by atoms with van der Waals surface area (Å²) in [4.78, 5) is 43.9. The van der Waals surface area contributed by atoms with Crippen molar-refractivity contribution in [2.75, 3.05) is 42.9 Å². The minimum atomic E-state index is -0.434. The Bertz CT molecular complexity index is 1320. The van der Waals surface area contributed by atoms with E-state index in [4.69, 9.17) is 0 Å². The predicted octanol–water partition coefficient (Wildman–Crippen LogP) is 4.74. The first-order valence-corrected chi connectivity index (χ1v) is 13.4. The van der Waals surface area contributed by atoms with Crippen LogP contribution in [-0.4, -0.2) is 65.9 Å². The standard InChI is InChI=1S/C31H36FN5O3/c1-31(2,3)34-30(40)37(21-23-8-5-4-6-9-23)22-28(38)33-26-12-14-27(15-13-26)35-16-18-36(19-17-35)29(39)24-10-7-11-25(32)20-24/h4-15,20H,16-19,21-22H2,1-3H3,(H,33,38)(H,34,40). The highest BCUT2D eigenvalue weighted by atomic mass is 19.1. The van der Waals surface area contributed by atoms with E-state index in [9.17, 15) is 18.8 Å². The first-order chi connectivity index (χ1) is 19.1. The summed E-state index contributed by atoms with van der Waals surface area (Å²) in [5, 5.41) is 5.82. The molecule has 3 aromatic carbocycles. The van der Waals surface area contributed by atoms with Crippen molar-refractivity contribution in [1.82, 2.24) is 15.1 Å². The summed E-state index contributed by atoms with van der Waals surface area (Å²) in [5.41, 5.74) is 2.46. The van der Waals surface area contributed by atoms with Crippen LogP contribution in [0.15, 0.2) is 78.9 Å². The molecule has 1 fully saturated rings. The Morgan fingerprint density at radius 3 is 2.17 bits per heavy atom. The maximum atomic E-state index is 13.5. The van der Waals surface area contributed by atoms with Gasteiger partial charge in [0, 0.05) is 55.2 Å². The van der Waals surface area contributed by atoms with Crippen molar-refractivity contribution in [3.63, 3.8) is 0 Å². The summed E-state index contributed by atoms with van der Waals surface area (Å²) in [6.07, 6.45) is 0. The molecule has 40 heavy (non-hydrogen) atoms. The van der Waals surface area contributed by atoms with E-state index in [0.717, 1.165) is 11.3 Å². The molecule has 0 bridgehead atoms. The topological polar surface area (TPSA) is 85.0 Å². The molecule has 8 nitrogen and oxygen atoms in total. The monoisotopic (exact) mass is 545 g/mol. The van der Waals surface area contributed by atoms with Crippen LogP contribution in [0.5, 0.6) is 0 Å². The van der Waals surface area contributed by atoms with Crippen LogP contribution >= 0.6 is 0 Å². The largest absolute Gasteiger partial charge is 0.368 e. The second-order valence-electron chi connectivity index (χ2n) is 10.9. The second kappa shape index (κ2) is 12.6. The van der Waals surface area contributed by atoms with Crippen molar-refractivity contribution in [1.29, 1.82) is 0 Å². The van der Waals surface area contributed by atoms with E-state index in [1.54, 1.807) is 17.0 Å². The summed E-state index contributed by atoms with van der Waals surface area (Å²) in [6, 6.07) is 22.5. The molecule has 0 aliphatic carbocycles. The molecule has 1 aliphatic heterocycles. The van der Waals surface area contributed by atoms with Crippen molar-refractivity contribution in [2.45, 2.75) is 32.9 Å². The van der Waals surface area contributed by atoms with Crippen LogP contribution in [0.2, 0.25) is 0 Å². The molecule has 0 atom stereocenters. The number of carbonyl (C=O) groups is 3. The molecule has 2 N–H and O–H groups in total. The van der Waals surface area contributed by atoms with Gasteiger partial charge in [-0.1, -0.05) is 36.4 Å². The fourth-order valence-corrected chi connectivity index (χ4v) is 4.50. The highest BCUT2D eigenvalue weighted by Crippen LogP contribution is 2.21. The fourth-order valence-electron chi connectivity index (χ4n) is 4.50. The van der Waals surface area contributed by atoms with Gasteiger partial charge in [-0.05, 0) is 68.8 Å². The molecular weight excluding hydrogens is 509 g/mol. The van der Waals surface area contributed by atoms with Crippen molar-refractivity contribution in [2.24, 2.45) is 0 Å². The molecule has 4 rings (SSSR count). The number of nitrogens with one attached hydrogen (secondary N) is 2. The van der Waals surface area contributed by atoms with Gasteiger partial charge in [-0.25, -0.2) is 9.18 Å². The van der Waals surface area contributed by atoms with Crippen molar-refractivity contribution >= 4 is 29.2 Å². The molecule has 0 aromatic heterocycles.